The van der Waals surface area contributed by atoms with E-state index in [1.165, 1.54) is 0 Å². The summed E-state index contributed by atoms with van der Waals surface area (Å²) in [5.41, 5.74) is 1.86. The van der Waals surface area contributed by atoms with E-state index in [1.807, 2.05) is 24.7 Å². The largest absolute Gasteiger partial charge is 0.454 e. The highest BCUT2D eigenvalue weighted by Gasteiger charge is 2.25. The van der Waals surface area contributed by atoms with Crippen molar-refractivity contribution in [1.29, 1.82) is 0 Å². The maximum atomic E-state index is 12.4. The first-order valence-electron chi connectivity index (χ1n) is 6.99. The molecule has 1 unspecified atom stereocenters. The molecule has 6 nitrogen and oxygen atoms in total. The molecule has 2 aliphatic rings. The van der Waals surface area contributed by atoms with E-state index in [9.17, 15) is 4.79 Å². The van der Waals surface area contributed by atoms with Crippen LogP contribution in [0.15, 0.2) is 30.7 Å². The maximum Gasteiger partial charge on any atom is 0.231 e. The number of ether oxygens (including phenoxy) is 2. The van der Waals surface area contributed by atoms with Crippen molar-refractivity contribution in [2.75, 3.05) is 12.1 Å². The number of hydrogen-bond acceptors (Lipinski definition) is 4. The van der Waals surface area contributed by atoms with Crippen LogP contribution in [0.2, 0.25) is 0 Å². The lowest BCUT2D eigenvalue weighted by atomic mass is 9.95. The Balaban J connectivity index is 1.47. The first-order valence-corrected chi connectivity index (χ1v) is 6.99. The van der Waals surface area contributed by atoms with Crippen LogP contribution < -0.4 is 14.8 Å². The number of amides is 1. The molecule has 0 fully saturated rings. The number of aromatic nitrogens is 2. The fourth-order valence-electron chi connectivity index (χ4n) is 2.81. The van der Waals surface area contributed by atoms with E-state index >= 15 is 0 Å². The lowest BCUT2D eigenvalue weighted by Crippen LogP contribution is -2.29. The number of anilines is 1. The molecule has 3 heterocycles. The highest BCUT2D eigenvalue weighted by molar-refractivity contribution is 5.93. The summed E-state index contributed by atoms with van der Waals surface area (Å²) in [6.07, 6.45) is 5.22. The van der Waals surface area contributed by atoms with Crippen LogP contribution >= 0.6 is 0 Å². The summed E-state index contributed by atoms with van der Waals surface area (Å²) in [4.78, 5) is 16.5. The summed E-state index contributed by atoms with van der Waals surface area (Å²) in [6, 6.07) is 5.44. The molecular formula is C15H15N3O3. The molecule has 1 amide bonds. The van der Waals surface area contributed by atoms with Gasteiger partial charge in [-0.05, 0) is 18.6 Å². The third-order valence-corrected chi connectivity index (χ3v) is 3.98. The number of nitrogens with zero attached hydrogens (tertiary/aromatic N) is 2. The van der Waals surface area contributed by atoms with Crippen molar-refractivity contribution in [3.63, 3.8) is 0 Å². The van der Waals surface area contributed by atoms with Crippen LogP contribution in [0.3, 0.4) is 0 Å². The molecule has 4 rings (SSSR count). The van der Waals surface area contributed by atoms with Gasteiger partial charge in [0.05, 0.1) is 6.33 Å². The Morgan fingerprint density at radius 2 is 2.24 bits per heavy atom. The summed E-state index contributed by atoms with van der Waals surface area (Å²) in [7, 11) is 0. The van der Waals surface area contributed by atoms with Gasteiger partial charge in [0.2, 0.25) is 12.7 Å². The molecule has 1 aromatic carbocycles. The molecule has 1 N–H and O–H groups in total. The Morgan fingerprint density at radius 3 is 3.19 bits per heavy atom. The second-order valence-corrected chi connectivity index (χ2v) is 5.33. The smallest absolute Gasteiger partial charge is 0.231 e. The van der Waals surface area contributed by atoms with E-state index in [0.717, 1.165) is 36.5 Å². The summed E-state index contributed by atoms with van der Waals surface area (Å²) >= 11 is 0. The van der Waals surface area contributed by atoms with Crippen molar-refractivity contribution in [2.24, 2.45) is 5.92 Å². The van der Waals surface area contributed by atoms with E-state index in [-0.39, 0.29) is 18.6 Å². The molecule has 0 radical (unpaired) electrons. The number of aryl methyl sites for hydroxylation is 1. The zero-order chi connectivity index (χ0) is 14.2. The Bertz CT molecular complexity index is 695. The zero-order valence-corrected chi connectivity index (χ0v) is 11.4. The first-order chi connectivity index (χ1) is 10.3. The van der Waals surface area contributed by atoms with Gasteiger partial charge in [-0.25, -0.2) is 4.98 Å². The van der Waals surface area contributed by atoms with Gasteiger partial charge in [0.1, 0.15) is 0 Å². The van der Waals surface area contributed by atoms with E-state index < -0.39 is 0 Å². The zero-order valence-electron chi connectivity index (χ0n) is 11.4. The third kappa shape index (κ3) is 2.22. The molecule has 0 spiro atoms. The molecule has 2 aromatic rings. The summed E-state index contributed by atoms with van der Waals surface area (Å²) in [5.74, 6) is 1.42. The van der Waals surface area contributed by atoms with Crippen LogP contribution in [0.1, 0.15) is 12.1 Å². The number of carbonyl (C=O) groups excluding carboxylic acids is 1. The van der Waals surface area contributed by atoms with Crippen LogP contribution in [0, 0.1) is 5.92 Å². The second kappa shape index (κ2) is 4.80. The van der Waals surface area contributed by atoms with Crippen LogP contribution in [-0.2, 0) is 17.8 Å². The minimum Gasteiger partial charge on any atom is -0.454 e. The molecular weight excluding hydrogens is 270 g/mol. The second-order valence-electron chi connectivity index (χ2n) is 5.33. The summed E-state index contributed by atoms with van der Waals surface area (Å²) < 4.78 is 12.7. The van der Waals surface area contributed by atoms with Gasteiger partial charge >= 0.3 is 0 Å². The SMILES string of the molecule is O=C(Nc1ccc2c(c1)OCO2)C1CCn2cncc2C1. The molecule has 0 aliphatic carbocycles. The fraction of sp³-hybridized carbons (Fsp3) is 0.333. The van der Waals surface area contributed by atoms with Crippen LogP contribution in [0.25, 0.3) is 0 Å². The number of rotatable bonds is 2. The predicted octanol–water partition coefficient (Wildman–Crippen LogP) is 1.81. The van der Waals surface area contributed by atoms with Crippen LogP contribution in [0.5, 0.6) is 11.5 Å². The highest BCUT2D eigenvalue weighted by atomic mass is 16.7. The standard InChI is InChI=1S/C15H15N3O3/c19-15(10-3-4-18-8-16-7-12(18)5-10)17-11-1-2-13-14(6-11)21-9-20-13/h1-2,6-8,10H,3-5,9H2,(H,17,19). The van der Waals surface area contributed by atoms with Gasteiger partial charge in [-0.2, -0.15) is 0 Å². The van der Waals surface area contributed by atoms with Crippen molar-refractivity contribution in [3.8, 4) is 11.5 Å². The van der Waals surface area contributed by atoms with Crippen molar-refractivity contribution in [3.05, 3.63) is 36.4 Å². The van der Waals surface area contributed by atoms with E-state index in [2.05, 4.69) is 14.9 Å². The number of hydrogen-bond donors (Lipinski definition) is 1. The molecule has 0 saturated heterocycles. The van der Waals surface area contributed by atoms with Gasteiger partial charge in [-0.3, -0.25) is 4.79 Å². The van der Waals surface area contributed by atoms with Crippen molar-refractivity contribution in [1.82, 2.24) is 9.55 Å². The van der Waals surface area contributed by atoms with Crippen molar-refractivity contribution in [2.45, 2.75) is 19.4 Å². The van der Waals surface area contributed by atoms with Crippen molar-refractivity contribution < 1.29 is 14.3 Å². The third-order valence-electron chi connectivity index (χ3n) is 3.98. The Labute approximate surface area is 121 Å². The normalized spacial score (nSPS) is 19.1. The molecule has 1 atom stereocenters. The van der Waals surface area contributed by atoms with Crippen LogP contribution in [0.4, 0.5) is 5.69 Å². The lowest BCUT2D eigenvalue weighted by molar-refractivity contribution is -0.120. The summed E-state index contributed by atoms with van der Waals surface area (Å²) in [5, 5.41) is 2.96. The quantitative estimate of drug-likeness (QED) is 0.914. The van der Waals surface area contributed by atoms with Crippen molar-refractivity contribution >= 4 is 11.6 Å². The van der Waals surface area contributed by atoms with Gasteiger partial charge < -0.3 is 19.4 Å². The van der Waals surface area contributed by atoms with E-state index in [4.69, 9.17) is 9.47 Å². The molecule has 2 aliphatic heterocycles. The Kier molecular flexibility index (Phi) is 2.80. The van der Waals surface area contributed by atoms with Gasteiger partial charge in [0, 0.05) is 42.5 Å². The van der Waals surface area contributed by atoms with E-state index in [1.54, 1.807) is 6.07 Å². The number of fused-ring (bicyclic) bond motifs is 2. The minimum atomic E-state index is -0.0142. The molecule has 1 aromatic heterocycles. The number of nitrogens with one attached hydrogen (secondary N) is 1. The van der Waals surface area contributed by atoms with Gasteiger partial charge in [-0.15, -0.1) is 0 Å². The Hall–Kier alpha value is -2.50. The highest BCUT2D eigenvalue weighted by Crippen LogP contribution is 2.34. The molecule has 6 heteroatoms. The predicted molar refractivity (Wildman–Crippen MR) is 75.2 cm³/mol. The lowest BCUT2D eigenvalue weighted by Gasteiger charge is -2.23. The Morgan fingerprint density at radius 1 is 1.33 bits per heavy atom. The summed E-state index contributed by atoms with van der Waals surface area (Å²) in [6.45, 7) is 1.08. The molecule has 0 saturated carbocycles. The molecule has 108 valence electrons. The van der Waals surface area contributed by atoms with Gasteiger partial charge in [-0.1, -0.05) is 0 Å². The number of benzene rings is 1. The average molecular weight is 285 g/mol. The maximum absolute atomic E-state index is 12.4. The number of carbonyl (C=O) groups is 1. The van der Waals surface area contributed by atoms with Gasteiger partial charge in [0.25, 0.3) is 0 Å². The fourth-order valence-corrected chi connectivity index (χ4v) is 2.81. The molecule has 0 bridgehead atoms. The first kappa shape index (κ1) is 12.3. The topological polar surface area (TPSA) is 65.4 Å². The molecule has 21 heavy (non-hydrogen) atoms. The van der Waals surface area contributed by atoms with E-state index in [0.29, 0.717) is 5.75 Å². The monoisotopic (exact) mass is 285 g/mol. The average Bonchev–Trinajstić information content (AvgIpc) is 3.14. The minimum absolute atomic E-state index is 0.0142. The number of imidazole rings is 1. The van der Waals surface area contributed by atoms with Gasteiger partial charge in [0.15, 0.2) is 11.5 Å². The van der Waals surface area contributed by atoms with Crippen LogP contribution in [-0.4, -0.2) is 22.3 Å².